The maximum Gasteiger partial charge on any atom is 0.290 e. The molecule has 0 spiro atoms. The summed E-state index contributed by atoms with van der Waals surface area (Å²) >= 11 is 0. The predicted octanol–water partition coefficient (Wildman–Crippen LogP) is -1.55. The third-order valence-electron chi connectivity index (χ3n) is 3.32. The van der Waals surface area contributed by atoms with Crippen LogP contribution < -0.4 is 22.6 Å². The Kier molecular flexibility index (Phi) is 4.88. The van der Waals surface area contributed by atoms with Gasteiger partial charge < -0.3 is 11.5 Å². The first kappa shape index (κ1) is 14.2. The Morgan fingerprint density at radius 1 is 1.33 bits per heavy atom. The molecule has 0 aromatic rings. The highest BCUT2D eigenvalue weighted by Crippen LogP contribution is 2.26. The molecule has 1 fully saturated rings. The van der Waals surface area contributed by atoms with Crippen molar-refractivity contribution in [2.45, 2.75) is 38.6 Å². The summed E-state index contributed by atoms with van der Waals surface area (Å²) in [4.78, 5) is 15.8. The number of amidine groups is 1. The van der Waals surface area contributed by atoms with Gasteiger partial charge >= 0.3 is 0 Å². The van der Waals surface area contributed by atoms with E-state index in [2.05, 4.69) is 11.9 Å². The molecule has 1 aliphatic carbocycles. The van der Waals surface area contributed by atoms with E-state index < -0.39 is 5.91 Å². The number of carbonyl (C=O) groups excluding carboxylic acids is 1. The maximum atomic E-state index is 11.3. The number of amides is 1. The highest BCUT2D eigenvalue weighted by atomic mass is 16.1. The Morgan fingerprint density at radius 2 is 1.94 bits per heavy atom. The van der Waals surface area contributed by atoms with Gasteiger partial charge in [0.25, 0.3) is 11.7 Å². The summed E-state index contributed by atoms with van der Waals surface area (Å²) in [5.41, 5.74) is 16.5. The van der Waals surface area contributed by atoms with Gasteiger partial charge in [0.1, 0.15) is 0 Å². The summed E-state index contributed by atoms with van der Waals surface area (Å²) in [6.07, 6.45) is 5.52. The van der Waals surface area contributed by atoms with Crippen molar-refractivity contribution in [2.75, 3.05) is 0 Å². The maximum absolute atomic E-state index is 11.3. The van der Waals surface area contributed by atoms with Gasteiger partial charge in [0.15, 0.2) is 5.71 Å². The zero-order chi connectivity index (χ0) is 13.7. The molecule has 6 heteroatoms. The van der Waals surface area contributed by atoms with E-state index in [0.29, 0.717) is 5.92 Å². The van der Waals surface area contributed by atoms with Crippen LogP contribution in [0.1, 0.15) is 32.6 Å². The van der Waals surface area contributed by atoms with Crippen molar-refractivity contribution in [3.63, 3.8) is 0 Å². The fourth-order valence-corrected chi connectivity index (χ4v) is 2.23. The van der Waals surface area contributed by atoms with Crippen molar-refractivity contribution in [1.82, 2.24) is 0 Å². The molecule has 0 radical (unpaired) electrons. The summed E-state index contributed by atoms with van der Waals surface area (Å²) in [6.45, 7) is 2.13. The number of hydrogen-bond donors (Lipinski definition) is 4. The molecule has 18 heavy (non-hydrogen) atoms. The van der Waals surface area contributed by atoms with Crippen LogP contribution in [-0.2, 0) is 4.79 Å². The van der Waals surface area contributed by atoms with Crippen molar-refractivity contribution in [1.29, 1.82) is 0 Å². The summed E-state index contributed by atoms with van der Waals surface area (Å²) in [7, 11) is 0. The van der Waals surface area contributed by atoms with E-state index in [4.69, 9.17) is 22.6 Å². The monoisotopic (exact) mass is 252 g/mol. The average molecular weight is 252 g/mol. The molecule has 0 aromatic carbocycles. The lowest BCUT2D eigenvalue weighted by Gasteiger charge is -2.25. The van der Waals surface area contributed by atoms with Gasteiger partial charge in [0, 0.05) is 6.20 Å². The third-order valence-corrected chi connectivity index (χ3v) is 3.32. The standard InChI is InChI=1S/C12H21N5O/c1-7-4-2-3-5-9(7)17-10(11(14)15)8(6-13)12(16)18/h6-7,9H,2-5,13H2,1H3,(H3,14,15)(H2,16,18)/p+1. The molecule has 2 unspecified atom stereocenters. The van der Waals surface area contributed by atoms with Crippen LogP contribution in [0.15, 0.2) is 16.8 Å². The predicted molar refractivity (Wildman–Crippen MR) is 71.4 cm³/mol. The van der Waals surface area contributed by atoms with Crippen molar-refractivity contribution in [3.05, 3.63) is 11.8 Å². The Bertz CT molecular complexity index is 399. The van der Waals surface area contributed by atoms with Gasteiger partial charge in [0.05, 0.1) is 11.6 Å². The minimum absolute atomic E-state index is 0.0247. The molecule has 1 amide bonds. The Balaban J connectivity index is 3.04. The molecule has 6 nitrogen and oxygen atoms in total. The van der Waals surface area contributed by atoms with Gasteiger partial charge in [-0.3, -0.25) is 20.9 Å². The Hall–Kier alpha value is -1.85. The summed E-state index contributed by atoms with van der Waals surface area (Å²) in [5.74, 6) is -0.253. The summed E-state index contributed by atoms with van der Waals surface area (Å²) in [5, 5.41) is 5.57. The van der Waals surface area contributed by atoms with Gasteiger partial charge in [-0.25, -0.2) is 0 Å². The van der Waals surface area contributed by atoms with E-state index in [0.717, 1.165) is 25.5 Å². The van der Waals surface area contributed by atoms with Crippen LogP contribution in [0.3, 0.4) is 0 Å². The first-order valence-electron chi connectivity index (χ1n) is 6.15. The second kappa shape index (κ2) is 6.18. The van der Waals surface area contributed by atoms with Crippen LogP contribution in [-0.4, -0.2) is 23.5 Å². The minimum Gasteiger partial charge on any atom is -0.404 e. The molecule has 8 N–H and O–H groups in total. The number of rotatable bonds is 4. The lowest BCUT2D eigenvalue weighted by Crippen LogP contribution is -2.52. The van der Waals surface area contributed by atoms with Crippen molar-refractivity contribution >= 4 is 17.5 Å². The van der Waals surface area contributed by atoms with Crippen LogP contribution in [0.5, 0.6) is 0 Å². The first-order chi connectivity index (χ1) is 8.47. The minimum atomic E-state index is -0.673. The van der Waals surface area contributed by atoms with Crippen molar-refractivity contribution in [2.24, 2.45) is 28.1 Å². The molecule has 0 bridgehead atoms. The van der Waals surface area contributed by atoms with Crippen molar-refractivity contribution < 1.29 is 10.2 Å². The number of carbonyl (C=O) groups is 1. The van der Waals surface area contributed by atoms with Gasteiger partial charge in [0.2, 0.25) is 0 Å². The van der Waals surface area contributed by atoms with Gasteiger partial charge in [-0.1, -0.05) is 19.8 Å². The van der Waals surface area contributed by atoms with Gasteiger partial charge in [-0.05, 0) is 18.8 Å². The van der Waals surface area contributed by atoms with E-state index in [9.17, 15) is 4.79 Å². The second-order valence-electron chi connectivity index (χ2n) is 4.71. The van der Waals surface area contributed by atoms with Gasteiger partial charge in [-0.15, -0.1) is 0 Å². The molecule has 0 heterocycles. The lowest BCUT2D eigenvalue weighted by molar-refractivity contribution is -0.115. The zero-order valence-electron chi connectivity index (χ0n) is 10.7. The number of nitrogens with two attached hydrogens (primary N) is 4. The van der Waals surface area contributed by atoms with Crippen LogP contribution in [0.2, 0.25) is 0 Å². The molecule has 0 aliphatic heterocycles. The van der Waals surface area contributed by atoms with Crippen LogP contribution in [0.25, 0.3) is 0 Å². The molecule has 100 valence electrons. The molecule has 0 saturated heterocycles. The molecule has 1 saturated carbocycles. The number of hydrogen-bond acceptors (Lipinski definition) is 3. The molecule has 1 rings (SSSR count). The number of nitrogens with zero attached hydrogens (tertiary/aromatic N) is 1. The average Bonchev–Trinajstić information content (AvgIpc) is 2.30. The van der Waals surface area contributed by atoms with E-state index in [1.807, 2.05) is 0 Å². The largest absolute Gasteiger partial charge is 0.404 e. The fraction of sp³-hybridized carbons (Fsp3) is 0.583. The normalized spacial score (nSPS) is 25.8. The Labute approximate surface area is 107 Å². The summed E-state index contributed by atoms with van der Waals surface area (Å²) in [6, 6.07) is 0.116. The molecule has 0 aromatic heterocycles. The lowest BCUT2D eigenvalue weighted by atomic mass is 9.86. The zero-order valence-corrected chi connectivity index (χ0v) is 10.7. The molecular formula is C12H22N5O+. The van der Waals surface area contributed by atoms with Gasteiger partial charge in [-0.2, -0.15) is 0 Å². The highest BCUT2D eigenvalue weighted by Gasteiger charge is 2.25. The fourth-order valence-electron chi connectivity index (χ4n) is 2.23. The third kappa shape index (κ3) is 3.32. The van der Waals surface area contributed by atoms with E-state index >= 15 is 0 Å². The highest BCUT2D eigenvalue weighted by molar-refractivity contribution is 6.50. The first-order valence-corrected chi connectivity index (χ1v) is 6.15. The second-order valence-corrected chi connectivity index (χ2v) is 4.71. The molecule has 1 aliphatic rings. The molecular weight excluding hydrogens is 230 g/mol. The van der Waals surface area contributed by atoms with E-state index in [1.54, 1.807) is 0 Å². The van der Waals surface area contributed by atoms with E-state index in [-0.39, 0.29) is 23.2 Å². The smallest absolute Gasteiger partial charge is 0.290 e. The Morgan fingerprint density at radius 3 is 2.39 bits per heavy atom. The van der Waals surface area contributed by atoms with Crippen LogP contribution >= 0.6 is 0 Å². The topological polar surface area (TPSA) is 133 Å². The SMILES string of the molecule is CC1CCCCC1N=C(C(N)=[NH2+])C(=CN)C(N)=O. The van der Waals surface area contributed by atoms with Crippen molar-refractivity contribution in [3.8, 4) is 0 Å². The molecule has 2 atom stereocenters. The quantitative estimate of drug-likeness (QED) is 0.274. The summed E-state index contributed by atoms with van der Waals surface area (Å²) < 4.78 is 0. The number of aliphatic imine (C=N–C) groups is 1. The van der Waals surface area contributed by atoms with E-state index in [1.165, 1.54) is 6.42 Å². The van der Waals surface area contributed by atoms with Crippen LogP contribution in [0.4, 0.5) is 0 Å². The van der Waals surface area contributed by atoms with Crippen LogP contribution in [0, 0.1) is 5.92 Å². The number of primary amides is 1.